The molecular formula is C18H38N2. The third-order valence-corrected chi connectivity index (χ3v) is 4.61. The lowest BCUT2D eigenvalue weighted by Gasteiger charge is -2.31. The molecule has 0 radical (unpaired) electrons. The highest BCUT2D eigenvalue weighted by atomic mass is 15.2. The van der Waals surface area contributed by atoms with Gasteiger partial charge in [-0.3, -0.25) is 0 Å². The molecule has 1 N–H and O–H groups in total. The molecule has 1 aliphatic rings. The highest BCUT2D eigenvalue weighted by Crippen LogP contribution is 2.24. The average Bonchev–Trinajstić information content (AvgIpc) is 2.95. The summed E-state index contributed by atoms with van der Waals surface area (Å²) in [5.74, 6) is 0.802. The molecule has 1 atom stereocenters. The lowest BCUT2D eigenvalue weighted by Crippen LogP contribution is -2.38. The van der Waals surface area contributed by atoms with Gasteiger partial charge in [-0.2, -0.15) is 0 Å². The van der Waals surface area contributed by atoms with Crippen molar-refractivity contribution in [3.05, 3.63) is 0 Å². The van der Waals surface area contributed by atoms with Gasteiger partial charge in [-0.25, -0.2) is 0 Å². The second kappa shape index (κ2) is 10.6. The third-order valence-electron chi connectivity index (χ3n) is 4.61. The molecule has 0 aromatic heterocycles. The molecule has 1 fully saturated rings. The van der Waals surface area contributed by atoms with Crippen LogP contribution in [0.5, 0.6) is 0 Å². The van der Waals surface area contributed by atoms with Gasteiger partial charge in [-0.15, -0.1) is 0 Å². The summed E-state index contributed by atoms with van der Waals surface area (Å²) in [5.41, 5.74) is 0. The van der Waals surface area contributed by atoms with Crippen LogP contribution in [0.15, 0.2) is 0 Å². The molecule has 120 valence electrons. The molecule has 1 aliphatic carbocycles. The van der Waals surface area contributed by atoms with Crippen LogP contribution >= 0.6 is 0 Å². The molecule has 1 saturated carbocycles. The topological polar surface area (TPSA) is 15.3 Å². The van der Waals surface area contributed by atoms with Crippen molar-refractivity contribution >= 4 is 0 Å². The zero-order chi connectivity index (χ0) is 14.8. The van der Waals surface area contributed by atoms with Crippen LogP contribution in [-0.2, 0) is 0 Å². The van der Waals surface area contributed by atoms with Crippen LogP contribution in [0.3, 0.4) is 0 Å². The van der Waals surface area contributed by atoms with Gasteiger partial charge in [0, 0.05) is 18.6 Å². The Morgan fingerprint density at radius 2 is 1.85 bits per heavy atom. The SMILES string of the molecule is CCCNC(CC)CCCN(CC(C)C)C1CCCC1. The first-order valence-electron chi connectivity index (χ1n) is 9.14. The van der Waals surface area contributed by atoms with Gasteiger partial charge in [0.25, 0.3) is 0 Å². The molecule has 2 nitrogen and oxygen atoms in total. The van der Waals surface area contributed by atoms with Gasteiger partial charge >= 0.3 is 0 Å². The van der Waals surface area contributed by atoms with Crippen LogP contribution in [0.25, 0.3) is 0 Å². The highest BCUT2D eigenvalue weighted by molar-refractivity contribution is 4.78. The minimum absolute atomic E-state index is 0.736. The van der Waals surface area contributed by atoms with Crippen molar-refractivity contribution in [1.29, 1.82) is 0 Å². The molecule has 0 amide bonds. The van der Waals surface area contributed by atoms with E-state index in [2.05, 4.69) is 37.9 Å². The molecule has 0 bridgehead atoms. The Morgan fingerprint density at radius 1 is 1.15 bits per heavy atom. The van der Waals surface area contributed by atoms with Crippen LogP contribution in [0, 0.1) is 5.92 Å². The molecule has 1 unspecified atom stereocenters. The molecule has 20 heavy (non-hydrogen) atoms. The first-order chi connectivity index (χ1) is 9.67. The minimum Gasteiger partial charge on any atom is -0.314 e. The first-order valence-corrected chi connectivity index (χ1v) is 9.14. The minimum atomic E-state index is 0.736. The van der Waals surface area contributed by atoms with Gasteiger partial charge in [0.15, 0.2) is 0 Å². The normalized spacial score (nSPS) is 18.3. The fraction of sp³-hybridized carbons (Fsp3) is 1.00. The molecule has 0 aromatic carbocycles. The Kier molecular flexibility index (Phi) is 9.54. The lowest BCUT2D eigenvalue weighted by atomic mass is 10.1. The average molecular weight is 283 g/mol. The molecule has 0 saturated heterocycles. The predicted molar refractivity (Wildman–Crippen MR) is 90.3 cm³/mol. The van der Waals surface area contributed by atoms with Gasteiger partial charge < -0.3 is 10.2 Å². The van der Waals surface area contributed by atoms with Crippen molar-refractivity contribution in [2.75, 3.05) is 19.6 Å². The van der Waals surface area contributed by atoms with Crippen molar-refractivity contribution in [3.63, 3.8) is 0 Å². The Balaban J connectivity index is 2.29. The largest absolute Gasteiger partial charge is 0.314 e. The van der Waals surface area contributed by atoms with E-state index in [-0.39, 0.29) is 0 Å². The number of hydrogen-bond donors (Lipinski definition) is 1. The van der Waals surface area contributed by atoms with Crippen LogP contribution in [0.4, 0.5) is 0 Å². The summed E-state index contributed by atoms with van der Waals surface area (Å²) in [6.45, 7) is 13.1. The number of hydrogen-bond acceptors (Lipinski definition) is 2. The number of nitrogens with zero attached hydrogens (tertiary/aromatic N) is 1. The van der Waals surface area contributed by atoms with E-state index < -0.39 is 0 Å². The fourth-order valence-electron chi connectivity index (χ4n) is 3.50. The monoisotopic (exact) mass is 282 g/mol. The number of nitrogens with one attached hydrogen (secondary N) is 1. The summed E-state index contributed by atoms with van der Waals surface area (Å²) < 4.78 is 0. The van der Waals surface area contributed by atoms with E-state index in [4.69, 9.17) is 0 Å². The lowest BCUT2D eigenvalue weighted by molar-refractivity contribution is 0.171. The maximum atomic E-state index is 3.68. The van der Waals surface area contributed by atoms with Gasteiger partial charge in [0.1, 0.15) is 0 Å². The Hall–Kier alpha value is -0.0800. The predicted octanol–water partition coefficient (Wildman–Crippen LogP) is 4.45. The fourth-order valence-corrected chi connectivity index (χ4v) is 3.50. The molecule has 1 rings (SSSR count). The summed E-state index contributed by atoms with van der Waals surface area (Å²) in [6, 6.07) is 1.63. The van der Waals surface area contributed by atoms with Crippen molar-refractivity contribution in [1.82, 2.24) is 10.2 Å². The summed E-state index contributed by atoms with van der Waals surface area (Å²) in [5, 5.41) is 3.68. The molecule has 2 heteroatoms. The van der Waals surface area contributed by atoms with E-state index in [0.717, 1.165) is 18.0 Å². The summed E-state index contributed by atoms with van der Waals surface area (Å²) in [6.07, 6.45) is 11.0. The smallest absolute Gasteiger partial charge is 0.00953 e. The van der Waals surface area contributed by atoms with Crippen LogP contribution in [0.1, 0.15) is 79.1 Å². The van der Waals surface area contributed by atoms with E-state index in [1.54, 1.807) is 0 Å². The maximum Gasteiger partial charge on any atom is 0.00953 e. The molecule has 0 aliphatic heterocycles. The zero-order valence-electron chi connectivity index (χ0n) is 14.5. The molecule has 0 spiro atoms. The van der Waals surface area contributed by atoms with Gasteiger partial charge in [0.05, 0.1) is 0 Å². The standard InChI is InChI=1S/C18H38N2/c1-5-13-19-17(6-2)10-9-14-20(15-16(3)4)18-11-7-8-12-18/h16-19H,5-15H2,1-4H3. The maximum absolute atomic E-state index is 3.68. The highest BCUT2D eigenvalue weighted by Gasteiger charge is 2.22. The Morgan fingerprint density at radius 3 is 2.40 bits per heavy atom. The van der Waals surface area contributed by atoms with E-state index >= 15 is 0 Å². The van der Waals surface area contributed by atoms with Crippen molar-refractivity contribution in [2.45, 2.75) is 91.1 Å². The first kappa shape index (κ1) is 18.0. The zero-order valence-corrected chi connectivity index (χ0v) is 14.5. The van der Waals surface area contributed by atoms with Gasteiger partial charge in [-0.1, -0.05) is 40.5 Å². The van der Waals surface area contributed by atoms with E-state index in [1.807, 2.05) is 0 Å². The summed E-state index contributed by atoms with van der Waals surface area (Å²) >= 11 is 0. The number of rotatable bonds is 11. The quantitative estimate of drug-likeness (QED) is 0.602. The van der Waals surface area contributed by atoms with E-state index in [9.17, 15) is 0 Å². The summed E-state index contributed by atoms with van der Waals surface area (Å²) in [4.78, 5) is 2.80. The third kappa shape index (κ3) is 7.08. The van der Waals surface area contributed by atoms with E-state index in [1.165, 1.54) is 71.0 Å². The van der Waals surface area contributed by atoms with Crippen molar-refractivity contribution < 1.29 is 0 Å². The van der Waals surface area contributed by atoms with Crippen LogP contribution in [0.2, 0.25) is 0 Å². The van der Waals surface area contributed by atoms with Gasteiger partial charge in [0.2, 0.25) is 0 Å². The Labute approximate surface area is 127 Å². The van der Waals surface area contributed by atoms with Crippen molar-refractivity contribution in [3.8, 4) is 0 Å². The summed E-state index contributed by atoms with van der Waals surface area (Å²) in [7, 11) is 0. The Bertz CT molecular complexity index is 221. The van der Waals surface area contributed by atoms with Crippen LogP contribution in [-0.4, -0.2) is 36.6 Å². The van der Waals surface area contributed by atoms with Gasteiger partial charge in [-0.05, 0) is 57.5 Å². The van der Waals surface area contributed by atoms with E-state index in [0.29, 0.717) is 0 Å². The van der Waals surface area contributed by atoms with Crippen LogP contribution < -0.4 is 5.32 Å². The molecular weight excluding hydrogens is 244 g/mol. The second-order valence-corrected chi connectivity index (χ2v) is 7.03. The second-order valence-electron chi connectivity index (χ2n) is 7.03. The molecule has 0 heterocycles. The molecule has 0 aromatic rings. The van der Waals surface area contributed by atoms with Crippen molar-refractivity contribution in [2.24, 2.45) is 5.92 Å².